The van der Waals surface area contributed by atoms with E-state index in [-0.39, 0.29) is 41.8 Å². The van der Waals surface area contributed by atoms with E-state index < -0.39 is 68.7 Å². The Bertz CT molecular complexity index is 1630. The summed E-state index contributed by atoms with van der Waals surface area (Å²) in [7, 11) is 3.08. The second kappa shape index (κ2) is 9.51. The summed E-state index contributed by atoms with van der Waals surface area (Å²) in [4.78, 5) is 51.9. The van der Waals surface area contributed by atoms with E-state index in [4.69, 9.17) is 11.5 Å². The maximum Gasteiger partial charge on any atom is 0.270 e. The number of hydrogen-bond donors (Lipinski definition) is 6. The first-order valence-electron chi connectivity index (χ1n) is 12.7. The van der Waals surface area contributed by atoms with Crippen LogP contribution in [0.1, 0.15) is 27.9 Å². The minimum Gasteiger partial charge on any atom is -0.510 e. The van der Waals surface area contributed by atoms with Gasteiger partial charge in [0.25, 0.3) is 11.6 Å². The van der Waals surface area contributed by atoms with E-state index in [1.54, 1.807) is 26.2 Å². The number of fused-ring (bicyclic) bond motifs is 3. The molecule has 0 aromatic heterocycles. The summed E-state index contributed by atoms with van der Waals surface area (Å²) in [5.41, 5.74) is 8.15. The summed E-state index contributed by atoms with van der Waals surface area (Å²) in [5, 5.41) is 56.6. The predicted octanol–water partition coefficient (Wildman–Crippen LogP) is 1.15. The van der Waals surface area contributed by atoms with Gasteiger partial charge in [0.1, 0.15) is 22.8 Å². The molecule has 214 valence electrons. The summed E-state index contributed by atoms with van der Waals surface area (Å²) < 4.78 is 0. The number of Topliss-reactive ketones (excluding diaryl/α,β-unsaturated/α-hetero) is 2. The molecule has 4 atom stereocenters. The smallest absolute Gasteiger partial charge is 0.270 e. The number of likely N-dealkylation sites (N-methyl/N-ethyl adjacent to an activating group) is 1. The number of nitro benzene ring substituents is 1. The quantitative estimate of drug-likeness (QED) is 0.171. The molecule has 0 unspecified atom stereocenters. The Kier molecular flexibility index (Phi) is 6.48. The van der Waals surface area contributed by atoms with Crippen molar-refractivity contribution in [2.45, 2.75) is 31.0 Å². The van der Waals surface area contributed by atoms with Crippen molar-refractivity contribution in [1.29, 1.82) is 0 Å². The second-order valence-electron chi connectivity index (χ2n) is 10.8. The lowest BCUT2D eigenvalue weighted by Crippen LogP contribution is -2.63. The van der Waals surface area contributed by atoms with Gasteiger partial charge in [-0.1, -0.05) is 12.1 Å². The molecule has 0 aliphatic heterocycles. The molecule has 0 spiro atoms. The number of non-ortho nitro benzene ring substituents is 1. The Morgan fingerprint density at radius 2 is 1.88 bits per heavy atom. The number of aromatic hydroxyl groups is 1. The number of phenolic OH excluding ortho intramolecular Hbond substituents is 1. The summed E-state index contributed by atoms with van der Waals surface area (Å²) >= 11 is 0. The fourth-order valence-corrected chi connectivity index (χ4v) is 6.57. The molecule has 8 N–H and O–H groups in total. The Morgan fingerprint density at radius 1 is 1.20 bits per heavy atom. The fourth-order valence-electron chi connectivity index (χ4n) is 6.57. The molecule has 3 aliphatic rings. The van der Waals surface area contributed by atoms with Crippen LogP contribution in [-0.2, 0) is 22.6 Å². The molecular formula is C28H28N4O9. The third kappa shape index (κ3) is 3.84. The van der Waals surface area contributed by atoms with E-state index in [1.165, 1.54) is 23.1 Å². The maximum atomic E-state index is 14.0. The molecule has 2 aromatic carbocycles. The van der Waals surface area contributed by atoms with Crippen molar-refractivity contribution in [3.63, 3.8) is 0 Å². The highest BCUT2D eigenvalue weighted by Crippen LogP contribution is 2.53. The Balaban J connectivity index is 1.76. The Morgan fingerprint density at radius 3 is 2.46 bits per heavy atom. The van der Waals surface area contributed by atoms with E-state index >= 15 is 0 Å². The van der Waals surface area contributed by atoms with Crippen LogP contribution in [0.4, 0.5) is 5.69 Å². The van der Waals surface area contributed by atoms with Gasteiger partial charge in [-0.15, -0.1) is 0 Å². The van der Waals surface area contributed by atoms with Gasteiger partial charge < -0.3 is 31.9 Å². The molecule has 0 heterocycles. The van der Waals surface area contributed by atoms with Crippen LogP contribution in [0.3, 0.4) is 0 Å². The first-order valence-corrected chi connectivity index (χ1v) is 12.7. The fraction of sp³-hybridized carbons (Fsp3) is 0.321. The SMILES string of the molecule is CN(C)[C@@H]1C(O)=C(C(N)=O)C(=O)[C@@]2(O)C(O)=C3C(=O)c4c(O)c(CN)cc(-c5cccc([N+](=O)[O-])c5)c4C[C@H]3C[C@@H]12. The highest BCUT2D eigenvalue weighted by atomic mass is 16.6. The number of nitrogens with two attached hydrogens (primary N) is 2. The number of nitro groups is 1. The zero-order chi connectivity index (χ0) is 30.1. The molecule has 41 heavy (non-hydrogen) atoms. The van der Waals surface area contributed by atoms with Gasteiger partial charge in [-0.3, -0.25) is 29.4 Å². The highest BCUT2D eigenvalue weighted by molar-refractivity contribution is 6.25. The van der Waals surface area contributed by atoms with Gasteiger partial charge in [0.15, 0.2) is 11.4 Å². The molecule has 0 saturated carbocycles. The number of aliphatic hydroxyl groups excluding tert-OH is 2. The predicted molar refractivity (Wildman–Crippen MR) is 144 cm³/mol. The van der Waals surface area contributed by atoms with E-state index in [9.17, 15) is 44.9 Å². The van der Waals surface area contributed by atoms with Crippen LogP contribution in [-0.4, -0.2) is 73.5 Å². The van der Waals surface area contributed by atoms with Crippen molar-refractivity contribution in [1.82, 2.24) is 4.90 Å². The number of hydrogen-bond acceptors (Lipinski definition) is 11. The largest absolute Gasteiger partial charge is 0.510 e. The number of aliphatic hydroxyl groups is 3. The zero-order valence-corrected chi connectivity index (χ0v) is 22.1. The Labute approximate surface area is 233 Å². The van der Waals surface area contributed by atoms with Crippen LogP contribution < -0.4 is 11.5 Å². The van der Waals surface area contributed by atoms with Crippen molar-refractivity contribution in [2.75, 3.05) is 14.1 Å². The molecule has 3 aliphatic carbocycles. The number of benzene rings is 2. The molecule has 13 nitrogen and oxygen atoms in total. The third-order valence-electron chi connectivity index (χ3n) is 8.39. The molecule has 0 fully saturated rings. The standard InChI is InChI=1S/C28H28N4O9/c1-31(2)21-17-9-12-7-16-15(11-4-3-5-14(6-11)32(40)41)8-13(10-29)22(33)19(16)23(34)18(12)25(36)28(17,39)26(37)20(24(21)35)27(30)38/h3-6,8,12,17,21,33,35-36,39H,7,9-10,29H2,1-2H3,(H2,30,38)/t12-,17-,21-,28-/m0/s1. The van der Waals surface area contributed by atoms with E-state index in [0.717, 1.165) is 0 Å². The zero-order valence-electron chi connectivity index (χ0n) is 22.1. The van der Waals surface area contributed by atoms with Crippen molar-refractivity contribution >= 4 is 23.2 Å². The number of carbonyl (C=O) groups is 3. The minimum absolute atomic E-state index is 0.0327. The molecule has 0 radical (unpaired) electrons. The molecule has 13 heteroatoms. The lowest BCUT2D eigenvalue weighted by Gasteiger charge is -2.50. The molecule has 5 rings (SSSR count). The van der Waals surface area contributed by atoms with Crippen molar-refractivity contribution in [2.24, 2.45) is 23.3 Å². The van der Waals surface area contributed by atoms with Crippen molar-refractivity contribution in [3.8, 4) is 16.9 Å². The normalized spacial score (nSPS) is 25.6. The van der Waals surface area contributed by atoms with Crippen molar-refractivity contribution < 1.29 is 39.7 Å². The highest BCUT2D eigenvalue weighted by Gasteiger charge is 2.63. The summed E-state index contributed by atoms with van der Waals surface area (Å²) in [5.74, 6) is -7.56. The second-order valence-corrected chi connectivity index (χ2v) is 10.8. The van der Waals surface area contributed by atoms with Gasteiger partial charge in [0.2, 0.25) is 5.78 Å². The van der Waals surface area contributed by atoms with Crippen molar-refractivity contribution in [3.05, 3.63) is 79.8 Å². The maximum absolute atomic E-state index is 14.0. The van der Waals surface area contributed by atoms with Crippen LogP contribution in [0.25, 0.3) is 11.1 Å². The lowest BCUT2D eigenvalue weighted by atomic mass is 9.58. The monoisotopic (exact) mass is 564 g/mol. The number of ketones is 2. The molecule has 2 aromatic rings. The van der Waals surface area contributed by atoms with Crippen LogP contribution in [0.5, 0.6) is 5.75 Å². The van der Waals surface area contributed by atoms with Crippen LogP contribution in [0.15, 0.2) is 53.0 Å². The molecule has 0 saturated heterocycles. The average Bonchev–Trinajstić information content (AvgIpc) is 2.90. The first kappa shape index (κ1) is 28.0. The van der Waals surface area contributed by atoms with Gasteiger partial charge >= 0.3 is 0 Å². The van der Waals surface area contributed by atoms with Gasteiger partial charge in [-0.25, -0.2) is 0 Å². The minimum atomic E-state index is -2.76. The van der Waals surface area contributed by atoms with Gasteiger partial charge in [-0.05, 0) is 55.6 Å². The van der Waals surface area contributed by atoms with Crippen LogP contribution >= 0.6 is 0 Å². The number of primary amides is 1. The number of phenols is 1. The summed E-state index contributed by atoms with van der Waals surface area (Å²) in [6.45, 7) is -0.191. The summed E-state index contributed by atoms with van der Waals surface area (Å²) in [6, 6.07) is 6.17. The molecule has 0 bridgehead atoms. The van der Waals surface area contributed by atoms with Crippen LogP contribution in [0.2, 0.25) is 0 Å². The summed E-state index contributed by atoms with van der Waals surface area (Å²) in [6.07, 6.45) is -0.0511. The number of nitrogens with zero attached hydrogens (tertiary/aromatic N) is 2. The van der Waals surface area contributed by atoms with Gasteiger partial charge in [0, 0.05) is 35.7 Å². The topological polar surface area (TPSA) is 231 Å². The number of carbonyl (C=O) groups excluding carboxylic acids is 3. The van der Waals surface area contributed by atoms with E-state index in [1.807, 2.05) is 0 Å². The average molecular weight is 565 g/mol. The lowest BCUT2D eigenvalue weighted by molar-refractivity contribution is -0.384. The number of amides is 1. The third-order valence-corrected chi connectivity index (χ3v) is 8.39. The van der Waals surface area contributed by atoms with Gasteiger partial charge in [0.05, 0.1) is 16.5 Å². The van der Waals surface area contributed by atoms with Gasteiger partial charge in [-0.2, -0.15) is 0 Å². The number of rotatable bonds is 5. The first-order chi connectivity index (χ1) is 19.2. The molecular weight excluding hydrogens is 536 g/mol. The van der Waals surface area contributed by atoms with Crippen LogP contribution in [0, 0.1) is 22.0 Å². The van der Waals surface area contributed by atoms with E-state index in [2.05, 4.69) is 0 Å². The van der Waals surface area contributed by atoms with E-state index in [0.29, 0.717) is 16.7 Å². The Hall–Kier alpha value is -4.59. The molecule has 1 amide bonds. The number of allylic oxidation sites excluding steroid dienone is 1.